The lowest BCUT2D eigenvalue weighted by Crippen LogP contribution is -2.32. The van der Waals surface area contributed by atoms with Crippen molar-refractivity contribution in [1.29, 1.82) is 0 Å². The van der Waals surface area contributed by atoms with Crippen molar-refractivity contribution in [2.24, 2.45) is 4.99 Å². The maximum Gasteiger partial charge on any atom is 0.335 e. The molecule has 0 spiro atoms. The van der Waals surface area contributed by atoms with Gasteiger partial charge in [0.25, 0.3) is 5.69 Å². The number of carboxylic acid groups (broad SMARTS) is 1. The van der Waals surface area contributed by atoms with Crippen LogP contribution in [0.15, 0.2) is 40.5 Å². The van der Waals surface area contributed by atoms with Gasteiger partial charge in [-0.2, -0.15) is 12.6 Å². The molecule has 2 N–H and O–H groups in total. The van der Waals surface area contributed by atoms with E-state index in [9.17, 15) is 20.0 Å². The number of benzene rings is 1. The summed E-state index contributed by atoms with van der Waals surface area (Å²) in [4.78, 5) is 26.3. The fourth-order valence-electron chi connectivity index (χ4n) is 2.21. The van der Waals surface area contributed by atoms with Crippen molar-refractivity contribution in [2.75, 3.05) is 5.75 Å². The van der Waals surface area contributed by atoms with Gasteiger partial charge in [-0.3, -0.25) is 15.1 Å². The summed E-state index contributed by atoms with van der Waals surface area (Å²) >= 11 is 4.11. The van der Waals surface area contributed by atoms with Gasteiger partial charge in [-0.05, 0) is 13.0 Å². The summed E-state index contributed by atoms with van der Waals surface area (Å²) in [5, 5.41) is 23.4. The number of aliphatic carboxylic acids is 1. The van der Waals surface area contributed by atoms with E-state index < -0.39 is 16.9 Å². The quantitative estimate of drug-likeness (QED) is 0.448. The number of nitro benzene ring substituents is 1. The van der Waals surface area contributed by atoms with Gasteiger partial charge >= 0.3 is 5.97 Å². The van der Waals surface area contributed by atoms with Crippen LogP contribution in [0.25, 0.3) is 0 Å². The molecule has 0 fully saturated rings. The summed E-state index contributed by atoms with van der Waals surface area (Å²) in [5.41, 5.74) is 0.498. The first kappa shape index (κ1) is 15.0. The lowest BCUT2D eigenvalue weighted by molar-refractivity contribution is -0.385. The number of rotatable bonds is 4. The summed E-state index contributed by atoms with van der Waals surface area (Å²) in [6.45, 7) is 1.60. The van der Waals surface area contributed by atoms with Crippen molar-refractivity contribution in [1.82, 2.24) is 5.32 Å². The first-order valence-corrected chi connectivity index (χ1v) is 6.71. The predicted octanol–water partition coefficient (Wildman–Crippen LogP) is 1.93. The second-order valence-corrected chi connectivity index (χ2v) is 4.74. The van der Waals surface area contributed by atoms with Crippen LogP contribution in [0.4, 0.5) is 5.69 Å². The number of nitrogens with one attached hydrogen (secondary N) is 1. The summed E-state index contributed by atoms with van der Waals surface area (Å²) in [5.74, 6) is -0.407. The molecule has 110 valence electrons. The second kappa shape index (κ2) is 5.96. The molecule has 0 radical (unpaired) electrons. The van der Waals surface area contributed by atoms with E-state index in [4.69, 9.17) is 0 Å². The zero-order valence-corrected chi connectivity index (χ0v) is 12.0. The molecular formula is C13H13N3O4S. The number of hydrogen-bond donors (Lipinski definition) is 3. The van der Waals surface area contributed by atoms with Crippen molar-refractivity contribution >= 4 is 30.1 Å². The molecule has 1 aliphatic rings. The second-order valence-electron chi connectivity index (χ2n) is 4.42. The van der Waals surface area contributed by atoms with Gasteiger partial charge in [0.2, 0.25) is 0 Å². The van der Waals surface area contributed by atoms with Crippen LogP contribution in [0.5, 0.6) is 0 Å². The third kappa shape index (κ3) is 2.89. The zero-order chi connectivity index (χ0) is 15.6. The normalized spacial score (nSPS) is 18.0. The third-order valence-corrected chi connectivity index (χ3v) is 3.40. The minimum Gasteiger partial charge on any atom is -0.478 e. The number of para-hydroxylation sites is 1. The fraction of sp³-hybridized carbons (Fsp3) is 0.231. The summed E-state index contributed by atoms with van der Waals surface area (Å²) in [6, 6.07) is 5.08. The molecule has 0 amide bonds. The maximum absolute atomic E-state index is 11.5. The highest BCUT2D eigenvalue weighted by Crippen LogP contribution is 2.35. The molecule has 0 saturated carbocycles. The Bertz CT molecular complexity index is 669. The number of carboxylic acids is 1. The van der Waals surface area contributed by atoms with Crippen LogP contribution < -0.4 is 5.32 Å². The molecule has 0 saturated heterocycles. The lowest BCUT2D eigenvalue weighted by Gasteiger charge is -2.24. The van der Waals surface area contributed by atoms with E-state index in [0.29, 0.717) is 11.5 Å². The number of thiol groups is 1. The minimum absolute atomic E-state index is 0.00478. The van der Waals surface area contributed by atoms with Crippen LogP contribution in [-0.2, 0) is 4.79 Å². The van der Waals surface area contributed by atoms with Crippen LogP contribution in [0.1, 0.15) is 18.5 Å². The number of carbonyl (C=O) groups is 1. The highest BCUT2D eigenvalue weighted by Gasteiger charge is 2.32. The van der Waals surface area contributed by atoms with Crippen molar-refractivity contribution in [3.05, 3.63) is 51.2 Å². The Morgan fingerprint density at radius 2 is 2.19 bits per heavy atom. The fourth-order valence-corrected chi connectivity index (χ4v) is 2.37. The monoisotopic (exact) mass is 307 g/mol. The molecule has 1 atom stereocenters. The molecule has 1 aromatic carbocycles. The van der Waals surface area contributed by atoms with Crippen LogP contribution in [-0.4, -0.2) is 27.6 Å². The Hall–Kier alpha value is -2.35. The van der Waals surface area contributed by atoms with Gasteiger partial charge in [0.1, 0.15) is 11.9 Å². The SMILES string of the molecule is CC1=C(C(=O)O)C(c2ccccc2[N+](=O)[O-])N=C(CS)N1. The molecule has 21 heavy (non-hydrogen) atoms. The van der Waals surface area contributed by atoms with Crippen LogP contribution >= 0.6 is 12.6 Å². The molecule has 1 unspecified atom stereocenters. The topological polar surface area (TPSA) is 105 Å². The van der Waals surface area contributed by atoms with Crippen LogP contribution in [0.3, 0.4) is 0 Å². The molecule has 1 aromatic rings. The van der Waals surface area contributed by atoms with Crippen LogP contribution in [0.2, 0.25) is 0 Å². The number of amidine groups is 1. The molecule has 0 bridgehead atoms. The average Bonchev–Trinajstić information content (AvgIpc) is 2.45. The van der Waals surface area contributed by atoms with Gasteiger partial charge in [-0.15, -0.1) is 0 Å². The number of allylic oxidation sites excluding steroid dienone is 1. The lowest BCUT2D eigenvalue weighted by atomic mass is 9.95. The highest BCUT2D eigenvalue weighted by molar-refractivity contribution is 7.81. The molecule has 0 aromatic heterocycles. The summed E-state index contributed by atoms with van der Waals surface area (Å²) in [6.07, 6.45) is 0. The Morgan fingerprint density at radius 3 is 2.76 bits per heavy atom. The largest absolute Gasteiger partial charge is 0.478 e. The summed E-state index contributed by atoms with van der Waals surface area (Å²) in [7, 11) is 0. The van der Waals surface area contributed by atoms with E-state index in [-0.39, 0.29) is 22.6 Å². The van der Waals surface area contributed by atoms with Gasteiger partial charge in [-0.25, -0.2) is 4.79 Å². The van der Waals surface area contributed by atoms with E-state index >= 15 is 0 Å². The average molecular weight is 307 g/mol. The van der Waals surface area contributed by atoms with E-state index in [0.717, 1.165) is 0 Å². The van der Waals surface area contributed by atoms with Gasteiger partial charge < -0.3 is 10.4 Å². The molecule has 1 heterocycles. The number of hydrogen-bond acceptors (Lipinski definition) is 6. The van der Waals surface area contributed by atoms with Gasteiger partial charge in [0.15, 0.2) is 0 Å². The molecule has 7 nitrogen and oxygen atoms in total. The minimum atomic E-state index is -1.16. The molecular weight excluding hydrogens is 294 g/mol. The number of nitrogens with zero attached hydrogens (tertiary/aromatic N) is 2. The van der Waals surface area contributed by atoms with Gasteiger partial charge in [0.05, 0.1) is 16.1 Å². The number of nitro groups is 1. The van der Waals surface area contributed by atoms with Crippen molar-refractivity contribution in [3.8, 4) is 0 Å². The van der Waals surface area contributed by atoms with E-state index in [1.807, 2.05) is 0 Å². The van der Waals surface area contributed by atoms with Crippen molar-refractivity contribution in [3.63, 3.8) is 0 Å². The predicted molar refractivity (Wildman–Crippen MR) is 80.6 cm³/mol. The Kier molecular flexibility index (Phi) is 4.27. The molecule has 0 aliphatic carbocycles. The Labute approximate surface area is 125 Å². The van der Waals surface area contributed by atoms with Crippen molar-refractivity contribution in [2.45, 2.75) is 13.0 Å². The first-order valence-electron chi connectivity index (χ1n) is 6.07. The third-order valence-electron chi connectivity index (χ3n) is 3.10. The van der Waals surface area contributed by atoms with Crippen molar-refractivity contribution < 1.29 is 14.8 Å². The highest BCUT2D eigenvalue weighted by atomic mass is 32.1. The Morgan fingerprint density at radius 1 is 1.52 bits per heavy atom. The molecule has 2 rings (SSSR count). The van der Waals surface area contributed by atoms with Gasteiger partial charge in [0, 0.05) is 17.5 Å². The molecule has 8 heteroatoms. The Balaban J connectivity index is 2.63. The van der Waals surface area contributed by atoms with Gasteiger partial charge in [-0.1, -0.05) is 12.1 Å². The molecule has 1 aliphatic heterocycles. The van der Waals surface area contributed by atoms with E-state index in [2.05, 4.69) is 22.9 Å². The first-order chi connectivity index (χ1) is 9.95. The summed E-state index contributed by atoms with van der Waals surface area (Å²) < 4.78 is 0. The zero-order valence-electron chi connectivity index (χ0n) is 11.1. The number of aliphatic imine (C=N–C) groups is 1. The van der Waals surface area contributed by atoms with E-state index in [1.54, 1.807) is 13.0 Å². The van der Waals surface area contributed by atoms with Crippen LogP contribution in [0, 0.1) is 10.1 Å². The van der Waals surface area contributed by atoms with E-state index in [1.165, 1.54) is 18.2 Å². The smallest absolute Gasteiger partial charge is 0.335 e. The maximum atomic E-state index is 11.5. The standard InChI is InChI=1S/C13H13N3O4S/c1-7-11(13(17)18)12(15-10(6-21)14-7)8-4-2-3-5-9(8)16(19)20/h2-5,12,21H,6H2,1H3,(H,14,15)(H,17,18).